The molecule has 3 rings (SSSR count). The second kappa shape index (κ2) is 8.12. The second-order valence-electron chi connectivity index (χ2n) is 7.20. The fourth-order valence-electron chi connectivity index (χ4n) is 3.20. The number of carboxylic acid groups (broad SMARTS) is 1. The summed E-state index contributed by atoms with van der Waals surface area (Å²) in [5, 5.41) is 17.2. The third-order valence-electron chi connectivity index (χ3n) is 4.52. The van der Waals surface area contributed by atoms with Crippen molar-refractivity contribution in [2.24, 2.45) is 5.92 Å². The Morgan fingerprint density at radius 3 is 2.54 bits per heavy atom. The Labute approximate surface area is 162 Å². The van der Waals surface area contributed by atoms with Crippen LogP contribution in [0.2, 0.25) is 0 Å². The molecule has 1 aromatic heterocycles. The maximum absolute atomic E-state index is 12.4. The molecule has 0 fully saturated rings. The summed E-state index contributed by atoms with van der Waals surface area (Å²) < 4.78 is 0. The van der Waals surface area contributed by atoms with Crippen molar-refractivity contribution in [3.63, 3.8) is 0 Å². The lowest BCUT2D eigenvalue weighted by Crippen LogP contribution is -2.46. The van der Waals surface area contributed by atoms with Gasteiger partial charge in [-0.1, -0.05) is 44.2 Å². The maximum Gasteiger partial charge on any atom is 0.326 e. The van der Waals surface area contributed by atoms with Gasteiger partial charge in [-0.05, 0) is 35.2 Å². The molecule has 0 aliphatic carbocycles. The van der Waals surface area contributed by atoms with Gasteiger partial charge in [0, 0.05) is 10.9 Å². The van der Waals surface area contributed by atoms with Gasteiger partial charge in [0.05, 0.1) is 6.54 Å². The molecule has 7 heteroatoms. The van der Waals surface area contributed by atoms with E-state index in [1.165, 1.54) is 0 Å². The molecule has 2 amide bonds. The topological polar surface area (TPSA) is 111 Å². The van der Waals surface area contributed by atoms with E-state index in [1.807, 2.05) is 50.2 Å². The molecular weight excluding hydrogens is 358 g/mol. The smallest absolute Gasteiger partial charge is 0.326 e. The number of aromatic amines is 1. The minimum absolute atomic E-state index is 0.122. The van der Waals surface area contributed by atoms with Crippen LogP contribution in [-0.2, 0) is 9.59 Å². The molecule has 0 saturated carbocycles. The van der Waals surface area contributed by atoms with E-state index in [-0.39, 0.29) is 12.5 Å². The number of hydrogen-bond donors (Lipinski definition) is 4. The number of amides is 2. The number of carbonyl (C=O) groups is 3. The molecule has 0 aliphatic rings. The Bertz CT molecular complexity index is 1040. The van der Waals surface area contributed by atoms with Crippen molar-refractivity contribution in [3.8, 4) is 0 Å². The van der Waals surface area contributed by atoms with Crippen molar-refractivity contribution in [1.82, 2.24) is 15.6 Å². The molecule has 2 aromatic carbocycles. The van der Waals surface area contributed by atoms with Crippen LogP contribution in [-0.4, -0.2) is 40.5 Å². The molecule has 4 N–H and O–H groups in total. The summed E-state index contributed by atoms with van der Waals surface area (Å²) >= 11 is 0. The molecule has 1 heterocycles. The van der Waals surface area contributed by atoms with E-state index in [4.69, 9.17) is 0 Å². The van der Waals surface area contributed by atoms with Crippen molar-refractivity contribution in [1.29, 1.82) is 0 Å². The van der Waals surface area contributed by atoms with Gasteiger partial charge in [0.2, 0.25) is 5.91 Å². The number of aliphatic carboxylic acids is 1. The van der Waals surface area contributed by atoms with Gasteiger partial charge in [-0.15, -0.1) is 0 Å². The van der Waals surface area contributed by atoms with Gasteiger partial charge in [-0.25, -0.2) is 4.79 Å². The van der Waals surface area contributed by atoms with Gasteiger partial charge in [0.1, 0.15) is 11.7 Å². The van der Waals surface area contributed by atoms with Crippen LogP contribution in [0.25, 0.3) is 21.7 Å². The van der Waals surface area contributed by atoms with Gasteiger partial charge in [0.15, 0.2) is 0 Å². The fraction of sp³-hybridized carbons (Fsp3) is 0.286. The van der Waals surface area contributed by atoms with E-state index in [0.29, 0.717) is 12.1 Å². The van der Waals surface area contributed by atoms with Crippen LogP contribution in [0.1, 0.15) is 30.8 Å². The number of benzene rings is 2. The lowest BCUT2D eigenvalue weighted by atomic mass is 10.0. The number of hydrogen-bond acceptors (Lipinski definition) is 3. The Kier molecular flexibility index (Phi) is 5.63. The number of nitrogens with one attached hydrogen (secondary N) is 3. The first-order chi connectivity index (χ1) is 13.3. The summed E-state index contributed by atoms with van der Waals surface area (Å²) in [6, 6.07) is 12.6. The summed E-state index contributed by atoms with van der Waals surface area (Å²) in [5.74, 6) is -1.93. The van der Waals surface area contributed by atoms with Crippen molar-refractivity contribution in [3.05, 3.63) is 48.2 Å². The Balaban J connectivity index is 1.67. The molecule has 3 aromatic rings. The summed E-state index contributed by atoms with van der Waals surface area (Å²) in [5.41, 5.74) is 1.17. The van der Waals surface area contributed by atoms with Gasteiger partial charge in [-0.3, -0.25) is 9.59 Å². The number of H-pyrrole nitrogens is 1. The zero-order chi connectivity index (χ0) is 20.3. The zero-order valence-corrected chi connectivity index (χ0v) is 15.8. The largest absolute Gasteiger partial charge is 0.480 e. The lowest BCUT2D eigenvalue weighted by molar-refractivity contribution is -0.142. The number of rotatable bonds is 7. The van der Waals surface area contributed by atoms with Gasteiger partial charge in [-0.2, -0.15) is 0 Å². The van der Waals surface area contributed by atoms with Gasteiger partial charge < -0.3 is 20.7 Å². The Morgan fingerprint density at radius 1 is 1.07 bits per heavy atom. The third kappa shape index (κ3) is 4.31. The lowest BCUT2D eigenvalue weighted by Gasteiger charge is -2.16. The highest BCUT2D eigenvalue weighted by molar-refractivity contribution is 6.10. The quantitative estimate of drug-likeness (QED) is 0.504. The molecule has 7 nitrogen and oxygen atoms in total. The predicted molar refractivity (Wildman–Crippen MR) is 107 cm³/mol. The first-order valence-corrected chi connectivity index (χ1v) is 9.16. The normalized spacial score (nSPS) is 12.2. The van der Waals surface area contributed by atoms with Crippen molar-refractivity contribution in [2.45, 2.75) is 26.3 Å². The van der Waals surface area contributed by atoms with Crippen molar-refractivity contribution < 1.29 is 19.5 Å². The molecule has 0 aliphatic heterocycles. The Hall–Kier alpha value is -3.35. The second-order valence-corrected chi connectivity index (χ2v) is 7.20. The molecule has 0 spiro atoms. The molecule has 0 bridgehead atoms. The highest BCUT2D eigenvalue weighted by Gasteiger charge is 2.21. The van der Waals surface area contributed by atoms with E-state index in [9.17, 15) is 19.5 Å². The molecule has 1 atom stereocenters. The monoisotopic (exact) mass is 381 g/mol. The highest BCUT2D eigenvalue weighted by Crippen LogP contribution is 2.25. The number of carboxylic acids is 1. The first-order valence-electron chi connectivity index (χ1n) is 9.16. The minimum atomic E-state index is -1.09. The van der Waals surface area contributed by atoms with E-state index in [2.05, 4.69) is 15.6 Å². The van der Waals surface area contributed by atoms with Crippen LogP contribution < -0.4 is 10.6 Å². The maximum atomic E-state index is 12.4. The zero-order valence-electron chi connectivity index (χ0n) is 15.8. The molecule has 0 saturated heterocycles. The van der Waals surface area contributed by atoms with Crippen molar-refractivity contribution >= 4 is 39.5 Å². The molecule has 28 heavy (non-hydrogen) atoms. The van der Waals surface area contributed by atoms with Crippen LogP contribution in [0.3, 0.4) is 0 Å². The van der Waals surface area contributed by atoms with Crippen LogP contribution in [0, 0.1) is 5.92 Å². The van der Waals surface area contributed by atoms with Crippen LogP contribution in [0.15, 0.2) is 42.5 Å². The van der Waals surface area contributed by atoms with Gasteiger partial charge >= 0.3 is 5.97 Å². The summed E-state index contributed by atoms with van der Waals surface area (Å²) in [6.45, 7) is 3.46. The van der Waals surface area contributed by atoms with Crippen LogP contribution >= 0.6 is 0 Å². The third-order valence-corrected chi connectivity index (χ3v) is 4.52. The van der Waals surface area contributed by atoms with Crippen LogP contribution in [0.4, 0.5) is 0 Å². The van der Waals surface area contributed by atoms with Crippen LogP contribution in [0.5, 0.6) is 0 Å². The molecule has 0 unspecified atom stereocenters. The summed E-state index contributed by atoms with van der Waals surface area (Å²) in [6.07, 6.45) is 0.324. The van der Waals surface area contributed by atoms with E-state index in [0.717, 1.165) is 21.7 Å². The molecule has 0 radical (unpaired) electrons. The van der Waals surface area contributed by atoms with Gasteiger partial charge in [0.25, 0.3) is 5.91 Å². The SMILES string of the molecule is CC(C)C[C@H](NC(=O)CNC(=O)c1cc2c(ccc3ccccc32)[nH]1)C(=O)O. The minimum Gasteiger partial charge on any atom is -0.480 e. The average Bonchev–Trinajstić information content (AvgIpc) is 3.10. The summed E-state index contributed by atoms with van der Waals surface area (Å²) in [7, 11) is 0. The molecular formula is C21H23N3O4. The Morgan fingerprint density at radius 2 is 1.82 bits per heavy atom. The first kappa shape index (κ1) is 19.4. The molecule has 146 valence electrons. The number of aromatic nitrogens is 1. The van der Waals surface area contributed by atoms with E-state index in [1.54, 1.807) is 6.07 Å². The average molecular weight is 381 g/mol. The predicted octanol–water partition coefficient (Wildman–Crippen LogP) is 2.67. The van der Waals surface area contributed by atoms with E-state index >= 15 is 0 Å². The highest BCUT2D eigenvalue weighted by atomic mass is 16.4. The number of carbonyl (C=O) groups excluding carboxylic acids is 2. The summed E-state index contributed by atoms with van der Waals surface area (Å²) in [4.78, 5) is 38.7. The fourth-order valence-corrected chi connectivity index (χ4v) is 3.20. The number of fused-ring (bicyclic) bond motifs is 3. The van der Waals surface area contributed by atoms with Crippen molar-refractivity contribution in [2.75, 3.05) is 6.54 Å². The standard InChI is InChI=1S/C21H23N3O4/c1-12(2)9-18(21(27)28)24-19(25)11-22-20(26)17-10-15-14-6-4-3-5-13(14)7-8-16(15)23-17/h3-8,10,12,18,23H,9,11H2,1-2H3,(H,22,26)(H,24,25)(H,27,28)/t18-/m0/s1. The van der Waals surface area contributed by atoms with E-state index < -0.39 is 23.8 Å².